The van der Waals surface area contributed by atoms with Crippen molar-refractivity contribution in [2.75, 3.05) is 12.4 Å². The number of carbonyl (C=O) groups excluding carboxylic acids is 1. The predicted octanol–water partition coefficient (Wildman–Crippen LogP) is 3.80. The van der Waals surface area contributed by atoms with Gasteiger partial charge in [0.15, 0.2) is 14.9 Å². The maximum absolute atomic E-state index is 13.0. The average molecular weight is 485 g/mol. The largest absolute Gasteiger partial charge is 0.463 e. The normalized spacial score (nSPS) is 16.6. The third-order valence-electron chi connectivity index (χ3n) is 4.36. The molecule has 30 heavy (non-hydrogen) atoms. The lowest BCUT2D eigenvalue weighted by Crippen LogP contribution is -2.47. The average Bonchev–Trinajstić information content (AvgIpc) is 2.68. The Morgan fingerprint density at radius 3 is 2.20 bits per heavy atom. The van der Waals surface area contributed by atoms with E-state index < -0.39 is 27.6 Å². The first-order valence-electron chi connectivity index (χ1n) is 8.92. The van der Waals surface area contributed by atoms with E-state index in [-0.39, 0.29) is 27.9 Å². The molecule has 1 heterocycles. The van der Waals surface area contributed by atoms with Crippen LogP contribution < -0.4 is 10.6 Å². The van der Waals surface area contributed by atoms with Gasteiger partial charge in [-0.25, -0.2) is 13.2 Å². The van der Waals surface area contributed by atoms with E-state index in [2.05, 4.69) is 10.6 Å². The van der Waals surface area contributed by atoms with E-state index in [0.29, 0.717) is 15.6 Å². The minimum Gasteiger partial charge on any atom is -0.463 e. The number of esters is 1. The zero-order valence-corrected chi connectivity index (χ0v) is 19.0. The van der Waals surface area contributed by atoms with Crippen LogP contribution in [0.25, 0.3) is 0 Å². The number of hydrogen-bond acceptors (Lipinski definition) is 5. The molecule has 0 fully saturated rings. The molecule has 0 spiro atoms. The Hall–Kier alpha value is -2.13. The number of thiocarbonyl (C=S) groups is 1. The van der Waals surface area contributed by atoms with Gasteiger partial charge in [0.25, 0.3) is 0 Å². The number of sulfone groups is 1. The Morgan fingerprint density at radius 1 is 1.07 bits per heavy atom. The zero-order valence-electron chi connectivity index (χ0n) is 15.8. The lowest BCUT2D eigenvalue weighted by atomic mass is 9.96. The molecule has 2 aromatic carbocycles. The van der Waals surface area contributed by atoms with E-state index in [9.17, 15) is 13.2 Å². The fourth-order valence-corrected chi connectivity index (χ4v) is 4.82. The van der Waals surface area contributed by atoms with Gasteiger partial charge in [0, 0.05) is 15.7 Å². The summed E-state index contributed by atoms with van der Waals surface area (Å²) in [5, 5.41) is 6.98. The summed E-state index contributed by atoms with van der Waals surface area (Å²) in [6, 6.07) is 11.9. The van der Waals surface area contributed by atoms with Crippen molar-refractivity contribution < 1.29 is 17.9 Å². The van der Waals surface area contributed by atoms with Crippen LogP contribution >= 0.6 is 35.4 Å². The quantitative estimate of drug-likeness (QED) is 0.476. The molecule has 158 valence electrons. The monoisotopic (exact) mass is 484 g/mol. The molecule has 10 heteroatoms. The summed E-state index contributed by atoms with van der Waals surface area (Å²) < 4.78 is 31.2. The number of ether oxygens (including phenoxy) is 1. The molecule has 0 radical (unpaired) electrons. The highest BCUT2D eigenvalue weighted by atomic mass is 35.5. The first kappa shape index (κ1) is 22.6. The van der Waals surface area contributed by atoms with Gasteiger partial charge in [-0.3, -0.25) is 0 Å². The molecule has 2 N–H and O–H groups in total. The Labute approximate surface area is 190 Å². The molecule has 0 bridgehead atoms. The van der Waals surface area contributed by atoms with E-state index in [4.69, 9.17) is 40.2 Å². The number of carbonyl (C=O) groups is 1. The molecule has 0 amide bonds. The Kier molecular flexibility index (Phi) is 7.02. The highest BCUT2D eigenvalue weighted by Gasteiger charge is 2.34. The second-order valence-electron chi connectivity index (χ2n) is 6.41. The molecular weight excluding hydrogens is 467 g/mol. The lowest BCUT2D eigenvalue weighted by Gasteiger charge is -2.31. The summed E-state index contributed by atoms with van der Waals surface area (Å²) in [6.07, 6.45) is 0. The van der Waals surface area contributed by atoms with E-state index in [1.165, 1.54) is 24.3 Å². The first-order chi connectivity index (χ1) is 14.2. The summed E-state index contributed by atoms with van der Waals surface area (Å²) in [5.74, 6) is -1.10. The van der Waals surface area contributed by atoms with E-state index >= 15 is 0 Å². The van der Waals surface area contributed by atoms with Crippen LogP contribution in [0.3, 0.4) is 0 Å². The van der Waals surface area contributed by atoms with Crippen LogP contribution in [-0.4, -0.2) is 31.9 Å². The van der Waals surface area contributed by atoms with Crippen molar-refractivity contribution in [3.8, 4) is 0 Å². The third kappa shape index (κ3) is 5.13. The Balaban J connectivity index is 2.08. The summed E-state index contributed by atoms with van der Waals surface area (Å²) in [7, 11) is -3.79. The Morgan fingerprint density at radius 2 is 1.63 bits per heavy atom. The van der Waals surface area contributed by atoms with Crippen molar-refractivity contribution >= 4 is 56.3 Å². The van der Waals surface area contributed by atoms with Crippen LogP contribution in [0.2, 0.25) is 10.0 Å². The van der Waals surface area contributed by atoms with Gasteiger partial charge >= 0.3 is 5.97 Å². The number of rotatable bonds is 6. The second-order valence-corrected chi connectivity index (χ2v) is 9.68. The maximum Gasteiger partial charge on any atom is 0.338 e. The van der Waals surface area contributed by atoms with Gasteiger partial charge in [-0.1, -0.05) is 35.3 Å². The highest BCUT2D eigenvalue weighted by molar-refractivity contribution is 7.91. The van der Waals surface area contributed by atoms with Crippen molar-refractivity contribution in [1.29, 1.82) is 0 Å². The number of halogens is 2. The van der Waals surface area contributed by atoms with Crippen LogP contribution in [0.15, 0.2) is 64.7 Å². The molecule has 2 aromatic rings. The van der Waals surface area contributed by atoms with Gasteiger partial charge in [0.2, 0.25) is 0 Å². The smallest absolute Gasteiger partial charge is 0.338 e. The van der Waals surface area contributed by atoms with Gasteiger partial charge in [-0.2, -0.15) is 0 Å². The molecule has 6 nitrogen and oxygen atoms in total. The molecule has 0 saturated carbocycles. The summed E-state index contributed by atoms with van der Waals surface area (Å²) in [4.78, 5) is 12.9. The van der Waals surface area contributed by atoms with Crippen molar-refractivity contribution in [2.45, 2.75) is 17.9 Å². The van der Waals surface area contributed by atoms with E-state index in [1.54, 1.807) is 31.2 Å². The number of benzene rings is 2. The second kappa shape index (κ2) is 9.34. The van der Waals surface area contributed by atoms with Crippen LogP contribution in [0.1, 0.15) is 18.5 Å². The molecule has 1 atom stereocenters. The van der Waals surface area contributed by atoms with E-state index in [0.717, 1.165) is 0 Å². The van der Waals surface area contributed by atoms with Crippen molar-refractivity contribution in [3.05, 3.63) is 75.4 Å². The van der Waals surface area contributed by atoms with E-state index in [1.807, 2.05) is 0 Å². The molecular formula is C20H18Cl2N2O4S2. The molecule has 0 aromatic heterocycles. The Bertz CT molecular complexity index is 1100. The zero-order chi connectivity index (χ0) is 21.9. The topological polar surface area (TPSA) is 84.5 Å². The SMILES string of the molecule is CCOC(=O)C1=C(CS(=O)(=O)c2ccc(Cl)cc2)NC(=S)NC1c1ccc(Cl)cc1. The van der Waals surface area contributed by atoms with Crippen molar-refractivity contribution in [3.63, 3.8) is 0 Å². The predicted molar refractivity (Wildman–Crippen MR) is 120 cm³/mol. The number of nitrogens with one attached hydrogen (secondary N) is 2. The molecule has 1 aliphatic rings. The van der Waals surface area contributed by atoms with Gasteiger partial charge in [0.1, 0.15) is 0 Å². The van der Waals surface area contributed by atoms with Crippen LogP contribution in [0.5, 0.6) is 0 Å². The fraction of sp³-hybridized carbons (Fsp3) is 0.200. The standard InChI is InChI=1S/C20H18Cl2N2O4S2/c1-2-28-19(25)17-16(11-30(26,27)15-9-7-14(22)8-10-15)23-20(29)24-18(17)12-3-5-13(21)6-4-12/h3-10,18H,2,11H2,1H3,(H2,23,24,29). The lowest BCUT2D eigenvalue weighted by molar-refractivity contribution is -0.139. The minimum absolute atomic E-state index is 0.0805. The number of hydrogen-bond donors (Lipinski definition) is 2. The molecule has 0 aliphatic carbocycles. The fourth-order valence-electron chi connectivity index (χ4n) is 3.00. The van der Waals surface area contributed by atoms with Gasteiger partial charge < -0.3 is 15.4 Å². The summed E-state index contributed by atoms with van der Waals surface area (Å²) in [6.45, 7) is 1.81. The van der Waals surface area contributed by atoms with Crippen molar-refractivity contribution in [2.24, 2.45) is 0 Å². The van der Waals surface area contributed by atoms with Gasteiger partial charge in [0.05, 0.1) is 28.9 Å². The molecule has 3 rings (SSSR count). The molecule has 0 saturated heterocycles. The summed E-state index contributed by atoms with van der Waals surface area (Å²) in [5.41, 5.74) is 0.991. The maximum atomic E-state index is 13.0. The first-order valence-corrected chi connectivity index (χ1v) is 11.7. The van der Waals surface area contributed by atoms with Crippen LogP contribution in [0, 0.1) is 0 Å². The third-order valence-corrected chi connectivity index (χ3v) is 6.74. The van der Waals surface area contributed by atoms with Crippen molar-refractivity contribution in [1.82, 2.24) is 10.6 Å². The minimum atomic E-state index is -3.79. The molecule has 1 aliphatic heterocycles. The molecule has 1 unspecified atom stereocenters. The van der Waals surface area contributed by atoms with Crippen LogP contribution in [0.4, 0.5) is 0 Å². The van der Waals surface area contributed by atoms with Crippen LogP contribution in [-0.2, 0) is 19.4 Å². The van der Waals surface area contributed by atoms with Gasteiger partial charge in [-0.15, -0.1) is 0 Å². The van der Waals surface area contributed by atoms with Gasteiger partial charge in [-0.05, 0) is 61.1 Å². The summed E-state index contributed by atoms with van der Waals surface area (Å²) >= 11 is 17.1. The highest BCUT2D eigenvalue weighted by Crippen LogP contribution is 2.30.